The molecule has 4 nitrogen and oxygen atoms in total. The molecule has 1 aromatic rings. The fraction of sp³-hybridized carbons (Fsp3) is 0.667. The highest BCUT2D eigenvalue weighted by atomic mass is 32.1. The van der Waals surface area contributed by atoms with E-state index in [4.69, 9.17) is 5.26 Å². The van der Waals surface area contributed by atoms with E-state index in [2.05, 4.69) is 30.1 Å². The molecule has 1 heterocycles. The van der Waals surface area contributed by atoms with Crippen LogP contribution < -0.4 is 4.90 Å². The quantitative estimate of drug-likeness (QED) is 0.762. The molecule has 0 unspecified atom stereocenters. The molecule has 0 aliphatic carbocycles. The molecule has 1 aromatic heterocycles. The van der Waals surface area contributed by atoms with Crippen LogP contribution in [-0.2, 0) is 0 Å². The van der Waals surface area contributed by atoms with Crippen LogP contribution in [-0.4, -0.2) is 23.8 Å². The van der Waals surface area contributed by atoms with Crippen LogP contribution in [0.15, 0.2) is 0 Å². The number of anilines is 1. The summed E-state index contributed by atoms with van der Waals surface area (Å²) in [5, 5.41) is 18.5. The molecule has 0 saturated carbocycles. The number of hydrogen-bond donors (Lipinski definition) is 0. The van der Waals surface area contributed by atoms with Gasteiger partial charge < -0.3 is 4.90 Å². The lowest BCUT2D eigenvalue weighted by atomic mass is 10.2. The first-order valence-corrected chi connectivity index (χ1v) is 5.38. The first kappa shape index (κ1) is 10.9. The second-order valence-electron chi connectivity index (χ2n) is 3.41. The van der Waals surface area contributed by atoms with Crippen molar-refractivity contribution in [1.82, 2.24) is 10.2 Å². The molecule has 0 atom stereocenters. The Balaban J connectivity index is 2.62. The Bertz CT molecular complexity index is 326. The lowest BCUT2D eigenvalue weighted by Gasteiger charge is -2.11. The predicted molar refractivity (Wildman–Crippen MR) is 57.5 cm³/mol. The van der Waals surface area contributed by atoms with E-state index in [1.807, 2.05) is 11.9 Å². The normalized spacial score (nSPS) is 10.2. The van der Waals surface area contributed by atoms with Gasteiger partial charge in [-0.3, -0.25) is 0 Å². The second-order valence-corrected chi connectivity index (χ2v) is 4.39. The van der Waals surface area contributed by atoms with Gasteiger partial charge in [-0.25, -0.2) is 0 Å². The van der Waals surface area contributed by atoms with Gasteiger partial charge in [-0.1, -0.05) is 25.2 Å². The molecule has 0 N–H and O–H groups in total. The van der Waals surface area contributed by atoms with Gasteiger partial charge in [-0.05, 0) is 0 Å². The van der Waals surface area contributed by atoms with Gasteiger partial charge in [-0.2, -0.15) is 5.26 Å². The van der Waals surface area contributed by atoms with Gasteiger partial charge in [-0.15, -0.1) is 10.2 Å². The zero-order valence-corrected chi connectivity index (χ0v) is 9.51. The smallest absolute Gasteiger partial charge is 0.208 e. The van der Waals surface area contributed by atoms with Crippen LogP contribution in [0.5, 0.6) is 0 Å². The van der Waals surface area contributed by atoms with Crippen molar-refractivity contribution in [3.8, 4) is 6.07 Å². The standard InChI is InChI=1S/C9H14N4S/c1-7(2)8-11-12-9(14-8)13(3)6-4-5-10/h7H,4,6H2,1-3H3. The number of rotatable bonds is 4. The summed E-state index contributed by atoms with van der Waals surface area (Å²) >= 11 is 1.59. The summed E-state index contributed by atoms with van der Waals surface area (Å²) in [6.07, 6.45) is 0.521. The highest BCUT2D eigenvalue weighted by Crippen LogP contribution is 2.24. The zero-order valence-electron chi connectivity index (χ0n) is 8.69. The molecule has 0 amide bonds. The van der Waals surface area contributed by atoms with Gasteiger partial charge in [0.15, 0.2) is 0 Å². The molecule has 0 bridgehead atoms. The van der Waals surface area contributed by atoms with Crippen LogP contribution >= 0.6 is 11.3 Å². The van der Waals surface area contributed by atoms with Crippen molar-refractivity contribution in [2.24, 2.45) is 0 Å². The fourth-order valence-electron chi connectivity index (χ4n) is 0.927. The maximum absolute atomic E-state index is 8.45. The Morgan fingerprint density at radius 1 is 1.50 bits per heavy atom. The van der Waals surface area contributed by atoms with Crippen molar-refractivity contribution in [1.29, 1.82) is 5.26 Å². The van der Waals surface area contributed by atoms with E-state index in [9.17, 15) is 0 Å². The summed E-state index contributed by atoms with van der Waals surface area (Å²) in [5.74, 6) is 0.422. The number of aromatic nitrogens is 2. The molecule has 0 aliphatic heterocycles. The third kappa shape index (κ3) is 2.67. The lowest BCUT2D eigenvalue weighted by Crippen LogP contribution is -2.17. The Labute approximate surface area is 88.2 Å². The van der Waals surface area contributed by atoms with E-state index in [1.54, 1.807) is 11.3 Å². The maximum Gasteiger partial charge on any atom is 0.208 e. The molecular formula is C9H14N4S. The first-order valence-electron chi connectivity index (χ1n) is 4.56. The molecule has 1 rings (SSSR count). The van der Waals surface area contributed by atoms with Crippen LogP contribution in [0.1, 0.15) is 31.2 Å². The second kappa shape index (κ2) is 4.91. The van der Waals surface area contributed by atoms with Crippen molar-refractivity contribution < 1.29 is 0 Å². The average Bonchev–Trinajstić information content (AvgIpc) is 2.62. The molecule has 0 radical (unpaired) electrons. The highest BCUT2D eigenvalue weighted by Gasteiger charge is 2.10. The number of hydrogen-bond acceptors (Lipinski definition) is 5. The Hall–Kier alpha value is -1.15. The van der Waals surface area contributed by atoms with Crippen molar-refractivity contribution in [3.63, 3.8) is 0 Å². The molecule has 14 heavy (non-hydrogen) atoms. The van der Waals surface area contributed by atoms with E-state index in [1.165, 1.54) is 0 Å². The van der Waals surface area contributed by atoms with E-state index >= 15 is 0 Å². The number of nitriles is 1. The molecule has 0 aromatic carbocycles. The summed E-state index contributed by atoms with van der Waals surface area (Å²) in [7, 11) is 1.93. The number of nitrogens with zero attached hydrogens (tertiary/aromatic N) is 4. The predicted octanol–water partition coefficient (Wildman–Crippen LogP) is 2.01. The molecule has 0 fully saturated rings. The minimum absolute atomic E-state index is 0.422. The van der Waals surface area contributed by atoms with Crippen LogP contribution in [0.25, 0.3) is 0 Å². The van der Waals surface area contributed by atoms with Crippen LogP contribution in [0.3, 0.4) is 0 Å². The highest BCUT2D eigenvalue weighted by molar-refractivity contribution is 7.15. The average molecular weight is 210 g/mol. The summed E-state index contributed by atoms with van der Waals surface area (Å²) in [6.45, 7) is 4.91. The molecule has 76 valence electrons. The zero-order chi connectivity index (χ0) is 10.6. The van der Waals surface area contributed by atoms with Gasteiger partial charge in [0.05, 0.1) is 12.5 Å². The molecule has 0 saturated heterocycles. The first-order chi connectivity index (χ1) is 6.65. The minimum atomic E-state index is 0.422. The van der Waals surface area contributed by atoms with Crippen molar-refractivity contribution in [2.45, 2.75) is 26.2 Å². The summed E-state index contributed by atoms with van der Waals surface area (Å²) in [4.78, 5) is 1.97. The molecule has 5 heteroatoms. The third-order valence-corrected chi connectivity index (χ3v) is 3.15. The summed E-state index contributed by atoms with van der Waals surface area (Å²) in [5.41, 5.74) is 0. The SMILES string of the molecule is CC(C)c1nnc(N(C)CCC#N)s1. The summed E-state index contributed by atoms with van der Waals surface area (Å²) < 4.78 is 0. The Morgan fingerprint density at radius 2 is 2.21 bits per heavy atom. The van der Waals surface area contributed by atoms with Crippen molar-refractivity contribution in [3.05, 3.63) is 5.01 Å². The Kier molecular flexibility index (Phi) is 3.84. The van der Waals surface area contributed by atoms with E-state index in [-0.39, 0.29) is 0 Å². The lowest BCUT2D eigenvalue weighted by molar-refractivity contribution is 0.817. The van der Waals surface area contributed by atoms with E-state index < -0.39 is 0 Å². The van der Waals surface area contributed by atoms with Crippen molar-refractivity contribution >= 4 is 16.5 Å². The monoisotopic (exact) mass is 210 g/mol. The fourth-order valence-corrected chi connectivity index (χ4v) is 1.76. The van der Waals surface area contributed by atoms with Gasteiger partial charge >= 0.3 is 0 Å². The van der Waals surface area contributed by atoms with E-state index in [0.717, 1.165) is 10.1 Å². The van der Waals surface area contributed by atoms with Crippen LogP contribution in [0.2, 0.25) is 0 Å². The molecule has 0 spiro atoms. The maximum atomic E-state index is 8.45. The molecule has 0 aliphatic rings. The van der Waals surface area contributed by atoms with Crippen LogP contribution in [0, 0.1) is 11.3 Å². The van der Waals surface area contributed by atoms with Gasteiger partial charge in [0.2, 0.25) is 5.13 Å². The van der Waals surface area contributed by atoms with Gasteiger partial charge in [0.1, 0.15) is 5.01 Å². The topological polar surface area (TPSA) is 52.8 Å². The third-order valence-electron chi connectivity index (χ3n) is 1.81. The van der Waals surface area contributed by atoms with Gasteiger partial charge in [0.25, 0.3) is 0 Å². The van der Waals surface area contributed by atoms with E-state index in [0.29, 0.717) is 18.9 Å². The largest absolute Gasteiger partial charge is 0.349 e. The Morgan fingerprint density at radius 3 is 2.71 bits per heavy atom. The molecular weight excluding hydrogens is 196 g/mol. The van der Waals surface area contributed by atoms with Gasteiger partial charge in [0, 0.05) is 19.5 Å². The van der Waals surface area contributed by atoms with Crippen molar-refractivity contribution in [2.75, 3.05) is 18.5 Å². The minimum Gasteiger partial charge on any atom is -0.349 e. The summed E-state index contributed by atoms with van der Waals surface area (Å²) in [6, 6.07) is 2.11. The van der Waals surface area contributed by atoms with Crippen LogP contribution in [0.4, 0.5) is 5.13 Å².